The topological polar surface area (TPSA) is 111 Å². The molecule has 2 aliphatic rings. The summed E-state index contributed by atoms with van der Waals surface area (Å²) < 4.78 is 10.2. The Bertz CT molecular complexity index is 1430. The number of benzene rings is 3. The van der Waals surface area contributed by atoms with Gasteiger partial charge in [0.25, 0.3) is 5.69 Å². The lowest BCUT2D eigenvalue weighted by Gasteiger charge is -2.29. The first-order valence-corrected chi connectivity index (χ1v) is 14.9. The zero-order chi connectivity index (χ0) is 32.8. The molecule has 0 unspecified atom stereocenters. The summed E-state index contributed by atoms with van der Waals surface area (Å²) >= 11 is 0. The van der Waals surface area contributed by atoms with Gasteiger partial charge in [0.1, 0.15) is 5.60 Å². The number of nitro groups is 1. The Balaban J connectivity index is 0.000000326. The van der Waals surface area contributed by atoms with Gasteiger partial charge in [0.15, 0.2) is 0 Å². The Morgan fingerprint density at radius 3 is 1.91 bits per heavy atom. The van der Waals surface area contributed by atoms with Crippen molar-refractivity contribution in [3.05, 3.63) is 135 Å². The van der Waals surface area contributed by atoms with E-state index in [-0.39, 0.29) is 17.6 Å². The number of carbonyl (C=O) groups is 2. The summed E-state index contributed by atoms with van der Waals surface area (Å²) in [6, 6.07) is 29.3. The number of rotatable bonds is 7. The molecule has 5 rings (SSSR count). The first-order valence-electron chi connectivity index (χ1n) is 14.9. The van der Waals surface area contributed by atoms with Crippen LogP contribution in [0.1, 0.15) is 57.6 Å². The molecule has 1 saturated heterocycles. The van der Waals surface area contributed by atoms with Gasteiger partial charge in [0.05, 0.1) is 17.6 Å². The molecule has 0 aliphatic carbocycles. The number of likely N-dealkylation sites (tertiary alicyclic amines) is 1. The molecule has 0 aromatic heterocycles. The van der Waals surface area contributed by atoms with Gasteiger partial charge >= 0.3 is 11.9 Å². The Hall–Kier alpha value is -4.76. The highest BCUT2D eigenvalue weighted by Gasteiger charge is 2.39. The molecule has 0 saturated carbocycles. The summed E-state index contributed by atoms with van der Waals surface area (Å²) in [7, 11) is 1.35. The molecular formula is C36H43N3O6. The third-order valence-corrected chi connectivity index (χ3v) is 7.65. The van der Waals surface area contributed by atoms with Crippen LogP contribution in [-0.4, -0.2) is 54.1 Å². The first-order chi connectivity index (χ1) is 21.5. The van der Waals surface area contributed by atoms with Crippen molar-refractivity contribution in [1.82, 2.24) is 10.2 Å². The fraction of sp³-hybridized carbons (Fsp3) is 0.333. The Kier molecular flexibility index (Phi) is 13.1. The number of dihydropyridines is 1. The number of hydrogen-bond acceptors (Lipinski definition) is 8. The van der Waals surface area contributed by atoms with Crippen LogP contribution in [0.3, 0.4) is 0 Å². The van der Waals surface area contributed by atoms with E-state index in [1.54, 1.807) is 18.2 Å². The van der Waals surface area contributed by atoms with Crippen LogP contribution in [0.5, 0.6) is 0 Å². The van der Waals surface area contributed by atoms with E-state index in [1.165, 1.54) is 37.3 Å². The molecule has 2 heterocycles. The van der Waals surface area contributed by atoms with Crippen molar-refractivity contribution >= 4 is 17.6 Å². The summed E-state index contributed by atoms with van der Waals surface area (Å²) in [5.74, 6) is -0.146. The van der Waals surface area contributed by atoms with Crippen molar-refractivity contribution in [1.29, 1.82) is 0 Å². The first kappa shape index (κ1) is 34.7. The number of methoxy groups -OCH3 is 1. The summed E-state index contributed by atoms with van der Waals surface area (Å²) in [6.45, 7) is 9.97. The normalized spacial score (nSPS) is 17.5. The SMILES string of the molecule is CC1=CCC(C(=O)O[C@]2(C)CCN(CC(c3ccccc3)c3ccccc3)C2)=C(C)N1.COC(C)=O.O=[N+]([O-])c1ccccc1. The van der Waals surface area contributed by atoms with Gasteiger partial charge in [-0.2, -0.15) is 0 Å². The van der Waals surface area contributed by atoms with E-state index < -0.39 is 10.5 Å². The maximum atomic E-state index is 12.9. The standard InChI is InChI=1S/C27H32N2O2.C6H5NO2.C3H6O2/c1-20-14-15-24(21(2)28-20)26(30)31-27(3)16-17-29(19-27)18-25(22-10-6-4-7-11-22)23-12-8-5-9-13-23;8-7(9)6-4-2-1-3-5-6;1-3(4)5-2/h4-14,25,28H,15-19H2,1-3H3;1-5H;1-2H3/t27-;;/m1../s1. The minimum absolute atomic E-state index is 0.137. The Morgan fingerprint density at radius 1 is 0.956 bits per heavy atom. The molecule has 1 atom stereocenters. The number of ether oxygens (including phenoxy) is 2. The molecule has 1 fully saturated rings. The number of non-ortho nitro benzene ring substituents is 1. The van der Waals surface area contributed by atoms with E-state index in [9.17, 15) is 19.7 Å². The minimum Gasteiger partial charge on any atom is -0.469 e. The van der Waals surface area contributed by atoms with Crippen molar-refractivity contribution < 1.29 is 24.0 Å². The lowest BCUT2D eigenvalue weighted by atomic mass is 9.91. The maximum Gasteiger partial charge on any atom is 0.336 e. The molecule has 9 nitrogen and oxygen atoms in total. The zero-order valence-electron chi connectivity index (χ0n) is 26.7. The van der Waals surface area contributed by atoms with Crippen LogP contribution in [0.25, 0.3) is 0 Å². The van der Waals surface area contributed by atoms with Gasteiger partial charge in [0, 0.05) is 68.8 Å². The number of para-hydroxylation sites is 1. The molecule has 45 heavy (non-hydrogen) atoms. The number of nitrogens with zero attached hydrogens (tertiary/aromatic N) is 2. The average molecular weight is 614 g/mol. The van der Waals surface area contributed by atoms with Gasteiger partial charge in [-0.1, -0.05) is 84.9 Å². The third kappa shape index (κ3) is 11.0. The highest BCUT2D eigenvalue weighted by atomic mass is 16.6. The van der Waals surface area contributed by atoms with E-state index in [4.69, 9.17) is 4.74 Å². The van der Waals surface area contributed by atoms with E-state index in [2.05, 4.69) is 82.5 Å². The minimum atomic E-state index is -0.460. The van der Waals surface area contributed by atoms with E-state index in [0.717, 1.165) is 43.0 Å². The van der Waals surface area contributed by atoms with E-state index in [1.807, 2.05) is 19.9 Å². The summed E-state index contributed by atoms with van der Waals surface area (Å²) in [6.07, 6.45) is 3.52. The van der Waals surface area contributed by atoms with Crippen LogP contribution in [0, 0.1) is 10.1 Å². The van der Waals surface area contributed by atoms with Crippen molar-refractivity contribution in [2.45, 2.75) is 52.1 Å². The fourth-order valence-corrected chi connectivity index (χ4v) is 5.20. The molecule has 0 bridgehead atoms. The van der Waals surface area contributed by atoms with E-state index >= 15 is 0 Å². The largest absolute Gasteiger partial charge is 0.469 e. The van der Waals surface area contributed by atoms with Crippen LogP contribution in [0.15, 0.2) is 114 Å². The highest BCUT2D eigenvalue weighted by molar-refractivity contribution is 5.90. The molecule has 9 heteroatoms. The summed E-state index contributed by atoms with van der Waals surface area (Å²) in [5, 5.41) is 13.3. The number of nitro benzene ring substituents is 1. The smallest absolute Gasteiger partial charge is 0.336 e. The van der Waals surface area contributed by atoms with Crippen molar-refractivity contribution in [3.8, 4) is 0 Å². The van der Waals surface area contributed by atoms with Gasteiger partial charge < -0.3 is 14.8 Å². The molecule has 3 aromatic rings. The molecule has 0 amide bonds. The molecule has 1 N–H and O–H groups in total. The quantitative estimate of drug-likeness (QED) is 0.177. The van der Waals surface area contributed by atoms with Crippen LogP contribution in [0.4, 0.5) is 5.69 Å². The van der Waals surface area contributed by atoms with Gasteiger partial charge in [-0.15, -0.1) is 0 Å². The van der Waals surface area contributed by atoms with Crippen molar-refractivity contribution in [2.24, 2.45) is 0 Å². The summed E-state index contributed by atoms with van der Waals surface area (Å²) in [5.41, 5.74) is 5.02. The van der Waals surface area contributed by atoms with Crippen LogP contribution in [0.2, 0.25) is 0 Å². The lowest BCUT2D eigenvalue weighted by Crippen LogP contribution is -2.37. The second kappa shape index (κ2) is 16.9. The third-order valence-electron chi connectivity index (χ3n) is 7.65. The monoisotopic (exact) mass is 613 g/mol. The predicted molar refractivity (Wildman–Crippen MR) is 175 cm³/mol. The fourth-order valence-electron chi connectivity index (χ4n) is 5.20. The van der Waals surface area contributed by atoms with Crippen LogP contribution >= 0.6 is 0 Å². The second-order valence-electron chi connectivity index (χ2n) is 11.3. The number of nitrogens with one attached hydrogen (secondary N) is 1. The lowest BCUT2D eigenvalue weighted by molar-refractivity contribution is -0.384. The van der Waals surface area contributed by atoms with Crippen LogP contribution in [-0.2, 0) is 19.1 Å². The number of hydrogen-bond donors (Lipinski definition) is 1. The second-order valence-corrected chi connectivity index (χ2v) is 11.3. The Labute approximate surface area is 265 Å². The van der Waals surface area contributed by atoms with Crippen molar-refractivity contribution in [3.63, 3.8) is 0 Å². The highest BCUT2D eigenvalue weighted by Crippen LogP contribution is 2.32. The molecular weight excluding hydrogens is 570 g/mol. The number of carbonyl (C=O) groups excluding carboxylic acids is 2. The van der Waals surface area contributed by atoms with Gasteiger partial charge in [0.2, 0.25) is 0 Å². The van der Waals surface area contributed by atoms with Crippen LogP contribution < -0.4 is 5.32 Å². The van der Waals surface area contributed by atoms with E-state index in [0.29, 0.717) is 12.3 Å². The summed E-state index contributed by atoms with van der Waals surface area (Å²) in [4.78, 5) is 34.5. The number of allylic oxidation sites excluding steroid dienone is 3. The maximum absolute atomic E-state index is 12.9. The molecule has 0 radical (unpaired) electrons. The zero-order valence-corrected chi connectivity index (χ0v) is 26.7. The molecule has 238 valence electrons. The van der Waals surface area contributed by atoms with Gasteiger partial charge in [-0.05, 0) is 31.9 Å². The Morgan fingerprint density at radius 2 is 1.47 bits per heavy atom. The molecule has 0 spiro atoms. The number of esters is 2. The molecule has 2 aliphatic heterocycles. The predicted octanol–water partition coefficient (Wildman–Crippen LogP) is 6.77. The molecule has 3 aromatic carbocycles. The van der Waals surface area contributed by atoms with Gasteiger partial charge in [-0.25, -0.2) is 4.79 Å². The average Bonchev–Trinajstić information content (AvgIpc) is 3.41. The van der Waals surface area contributed by atoms with Gasteiger partial charge in [-0.3, -0.25) is 19.8 Å². The van der Waals surface area contributed by atoms with Crippen molar-refractivity contribution in [2.75, 3.05) is 26.7 Å².